The number of ether oxygens (including phenoxy) is 1. The summed E-state index contributed by atoms with van der Waals surface area (Å²) in [6.07, 6.45) is 8.52. The van der Waals surface area contributed by atoms with Crippen LogP contribution in [0, 0.1) is 0 Å². The lowest BCUT2D eigenvalue weighted by molar-refractivity contribution is -0.137. The van der Waals surface area contributed by atoms with Crippen LogP contribution >= 0.6 is 12.6 Å². The van der Waals surface area contributed by atoms with E-state index in [9.17, 15) is 9.59 Å². The monoisotopic (exact) mass is 312 g/mol. The minimum atomic E-state index is -0.365. The second-order valence-corrected chi connectivity index (χ2v) is 5.27. The predicted molar refractivity (Wildman–Crippen MR) is 85.6 cm³/mol. The zero-order valence-corrected chi connectivity index (χ0v) is 13.4. The summed E-state index contributed by atoms with van der Waals surface area (Å²) in [7, 11) is 0. The van der Waals surface area contributed by atoms with E-state index in [1.54, 1.807) is 11.0 Å². The minimum Gasteiger partial charge on any atom is -0.463 e. The Bertz CT molecular complexity index is 398. The predicted octanol–water partition coefficient (Wildman–Crippen LogP) is 2.17. The summed E-state index contributed by atoms with van der Waals surface area (Å²) >= 11 is 4.50. The molecular formula is C15H24N2O3S. The smallest absolute Gasteiger partial charge is 0.330 e. The number of hydrogen-bond donors (Lipinski definition) is 1. The molecule has 0 spiro atoms. The lowest BCUT2D eigenvalue weighted by Gasteiger charge is -2.38. The van der Waals surface area contributed by atoms with Gasteiger partial charge in [-0.1, -0.05) is 13.0 Å². The molecule has 0 saturated carbocycles. The number of carbonyl (C=O) groups excluding carboxylic acids is 2. The van der Waals surface area contributed by atoms with Gasteiger partial charge in [-0.2, -0.15) is 0 Å². The number of likely N-dealkylation sites (N-methyl/N-ethyl adjacent to an activating group) is 1. The third kappa shape index (κ3) is 5.83. The fraction of sp³-hybridized carbons (Fsp3) is 0.600. The molecule has 0 fully saturated rings. The zero-order chi connectivity index (χ0) is 15.7. The summed E-state index contributed by atoms with van der Waals surface area (Å²) in [5.41, 5.74) is -0.180. The first-order valence-electron chi connectivity index (χ1n) is 7.32. The Labute approximate surface area is 132 Å². The van der Waals surface area contributed by atoms with Gasteiger partial charge in [0.1, 0.15) is 5.50 Å². The average Bonchev–Trinajstić information content (AvgIpc) is 2.48. The maximum absolute atomic E-state index is 11.6. The van der Waals surface area contributed by atoms with E-state index in [4.69, 9.17) is 4.74 Å². The first-order chi connectivity index (χ1) is 10.1. The zero-order valence-electron chi connectivity index (χ0n) is 12.5. The largest absolute Gasteiger partial charge is 0.463 e. The van der Waals surface area contributed by atoms with Crippen molar-refractivity contribution < 1.29 is 14.3 Å². The van der Waals surface area contributed by atoms with Gasteiger partial charge in [0.2, 0.25) is 5.91 Å². The molecule has 6 heteroatoms. The third-order valence-corrected chi connectivity index (χ3v) is 3.90. The number of hydrogen-bond acceptors (Lipinski definition) is 5. The van der Waals surface area contributed by atoms with Gasteiger partial charge in [-0.3, -0.25) is 4.79 Å². The molecule has 0 aromatic carbocycles. The van der Waals surface area contributed by atoms with Crippen molar-refractivity contribution in [2.75, 3.05) is 19.7 Å². The molecule has 0 N–H and O–H groups in total. The van der Waals surface area contributed by atoms with Gasteiger partial charge in [0, 0.05) is 31.4 Å². The minimum absolute atomic E-state index is 0.0118. The molecule has 1 heterocycles. The normalized spacial score (nSPS) is 18.0. The van der Waals surface area contributed by atoms with Crippen molar-refractivity contribution in [2.45, 2.75) is 38.1 Å². The first-order valence-corrected chi connectivity index (χ1v) is 7.83. The number of amides is 1. The molecular weight excluding hydrogens is 288 g/mol. The van der Waals surface area contributed by atoms with Gasteiger partial charge in [-0.25, -0.2) is 4.79 Å². The van der Waals surface area contributed by atoms with E-state index >= 15 is 0 Å². The number of rotatable bonds is 9. The van der Waals surface area contributed by atoms with Crippen molar-refractivity contribution in [3.63, 3.8) is 0 Å². The highest BCUT2D eigenvalue weighted by Crippen LogP contribution is 2.17. The molecule has 0 saturated heterocycles. The van der Waals surface area contributed by atoms with Gasteiger partial charge < -0.3 is 14.5 Å². The third-order valence-electron chi connectivity index (χ3n) is 3.33. The average molecular weight is 312 g/mol. The van der Waals surface area contributed by atoms with Crippen LogP contribution in [-0.4, -0.2) is 46.9 Å². The molecule has 0 aromatic rings. The molecule has 0 radical (unpaired) electrons. The van der Waals surface area contributed by atoms with Crippen LogP contribution in [0.3, 0.4) is 0 Å². The molecule has 1 aliphatic rings. The second-order valence-electron chi connectivity index (χ2n) is 4.81. The van der Waals surface area contributed by atoms with E-state index < -0.39 is 0 Å². The number of carbonyl (C=O) groups is 2. The lowest BCUT2D eigenvalue weighted by Crippen LogP contribution is -2.48. The van der Waals surface area contributed by atoms with E-state index in [-0.39, 0.29) is 17.4 Å². The van der Waals surface area contributed by atoms with Crippen LogP contribution < -0.4 is 0 Å². The van der Waals surface area contributed by atoms with Crippen LogP contribution in [0.2, 0.25) is 0 Å². The molecule has 1 atom stereocenters. The standard InChI is InChI=1S/C15H24N2O3S/c1-3-14(19)20-12-8-6-5-7-10-16-11-9-13(18)17(4-2)15(16)21/h3,9,11,15,21H,1,4-8,10,12H2,2H3. The lowest BCUT2D eigenvalue weighted by atomic mass is 10.2. The first kappa shape index (κ1) is 17.6. The highest BCUT2D eigenvalue weighted by atomic mass is 32.1. The molecule has 1 aliphatic heterocycles. The molecule has 21 heavy (non-hydrogen) atoms. The van der Waals surface area contributed by atoms with Crippen molar-refractivity contribution >= 4 is 24.5 Å². The second kappa shape index (κ2) is 9.50. The van der Waals surface area contributed by atoms with Crippen molar-refractivity contribution in [1.29, 1.82) is 0 Å². The molecule has 0 bridgehead atoms. The van der Waals surface area contributed by atoms with Crippen LogP contribution in [0.25, 0.3) is 0 Å². The molecule has 1 amide bonds. The number of thiol groups is 1. The van der Waals surface area contributed by atoms with Gasteiger partial charge >= 0.3 is 5.97 Å². The van der Waals surface area contributed by atoms with Gasteiger partial charge in [0.05, 0.1) is 6.61 Å². The molecule has 1 unspecified atom stereocenters. The Morgan fingerprint density at radius 2 is 2.14 bits per heavy atom. The Kier molecular flexibility index (Phi) is 7.97. The van der Waals surface area contributed by atoms with Crippen molar-refractivity contribution in [3.05, 3.63) is 24.9 Å². The van der Waals surface area contributed by atoms with Crippen LogP contribution in [-0.2, 0) is 14.3 Å². The van der Waals surface area contributed by atoms with E-state index in [2.05, 4.69) is 24.1 Å². The van der Waals surface area contributed by atoms with Crippen molar-refractivity contribution in [2.24, 2.45) is 0 Å². The van der Waals surface area contributed by atoms with E-state index in [0.717, 1.165) is 32.2 Å². The van der Waals surface area contributed by atoms with Gasteiger partial charge in [0.15, 0.2) is 0 Å². The van der Waals surface area contributed by atoms with Crippen molar-refractivity contribution in [1.82, 2.24) is 9.80 Å². The van der Waals surface area contributed by atoms with Crippen LogP contribution in [0.15, 0.2) is 24.9 Å². The number of esters is 1. The van der Waals surface area contributed by atoms with Crippen LogP contribution in [0.5, 0.6) is 0 Å². The van der Waals surface area contributed by atoms with E-state index in [0.29, 0.717) is 13.2 Å². The Balaban J connectivity index is 2.15. The Morgan fingerprint density at radius 3 is 2.81 bits per heavy atom. The van der Waals surface area contributed by atoms with Gasteiger partial charge in [-0.15, -0.1) is 12.6 Å². The molecule has 0 aliphatic carbocycles. The maximum atomic E-state index is 11.6. The summed E-state index contributed by atoms with van der Waals surface area (Å²) in [5.74, 6) is -0.353. The van der Waals surface area contributed by atoms with Gasteiger partial charge in [0.25, 0.3) is 0 Å². The summed E-state index contributed by atoms with van der Waals surface area (Å²) in [6.45, 7) is 7.26. The topological polar surface area (TPSA) is 49.9 Å². The molecule has 118 valence electrons. The Morgan fingerprint density at radius 1 is 1.43 bits per heavy atom. The fourth-order valence-electron chi connectivity index (χ4n) is 2.12. The summed E-state index contributed by atoms with van der Waals surface area (Å²) in [6, 6.07) is 0. The number of unbranched alkanes of at least 4 members (excludes halogenated alkanes) is 3. The fourth-order valence-corrected chi connectivity index (χ4v) is 2.59. The highest BCUT2D eigenvalue weighted by Gasteiger charge is 2.25. The molecule has 0 aromatic heterocycles. The van der Waals surface area contributed by atoms with E-state index in [1.165, 1.54) is 6.08 Å². The Hall–Kier alpha value is -1.43. The molecule has 1 rings (SSSR count). The van der Waals surface area contributed by atoms with Crippen LogP contribution in [0.1, 0.15) is 32.6 Å². The summed E-state index contributed by atoms with van der Waals surface area (Å²) in [5, 5.41) is 0. The number of nitrogens with zero attached hydrogens (tertiary/aromatic N) is 2. The van der Waals surface area contributed by atoms with E-state index in [1.807, 2.05) is 13.1 Å². The highest BCUT2D eigenvalue weighted by molar-refractivity contribution is 7.80. The maximum Gasteiger partial charge on any atom is 0.330 e. The summed E-state index contributed by atoms with van der Waals surface area (Å²) in [4.78, 5) is 26.2. The SMILES string of the molecule is C=CC(=O)OCCCCCCN1C=CC(=O)N(CC)C1S. The summed E-state index contributed by atoms with van der Waals surface area (Å²) < 4.78 is 4.91. The van der Waals surface area contributed by atoms with Crippen LogP contribution in [0.4, 0.5) is 0 Å². The van der Waals surface area contributed by atoms with Gasteiger partial charge in [-0.05, 0) is 26.2 Å². The van der Waals surface area contributed by atoms with Crippen molar-refractivity contribution in [3.8, 4) is 0 Å². The molecule has 5 nitrogen and oxygen atoms in total. The quantitative estimate of drug-likeness (QED) is 0.307.